The second-order valence-electron chi connectivity index (χ2n) is 4.16. The molecule has 0 spiro atoms. The fraction of sp³-hybridized carbons (Fsp3) is 0.286. The summed E-state index contributed by atoms with van der Waals surface area (Å²) < 4.78 is 5.51. The minimum absolute atomic E-state index is 0.162. The normalized spacial score (nSPS) is 12.1. The molecule has 1 atom stereocenters. The van der Waals surface area contributed by atoms with Gasteiger partial charge in [-0.1, -0.05) is 25.1 Å². The zero-order valence-corrected chi connectivity index (χ0v) is 10.4. The number of para-hydroxylation sites is 1. The lowest BCUT2D eigenvalue weighted by Gasteiger charge is -2.08. The van der Waals surface area contributed by atoms with Gasteiger partial charge < -0.3 is 10.5 Å². The molecule has 0 aliphatic heterocycles. The van der Waals surface area contributed by atoms with Crippen molar-refractivity contribution in [2.75, 3.05) is 0 Å². The summed E-state index contributed by atoms with van der Waals surface area (Å²) in [4.78, 5) is 8.34. The summed E-state index contributed by atoms with van der Waals surface area (Å²) in [7, 11) is 0. The van der Waals surface area contributed by atoms with Crippen LogP contribution in [0.1, 0.15) is 18.9 Å². The van der Waals surface area contributed by atoms with E-state index < -0.39 is 0 Å². The number of hydrogen-bond donors (Lipinski definition) is 1. The molecule has 1 aromatic carbocycles. The Morgan fingerprint density at radius 3 is 2.44 bits per heavy atom. The zero-order chi connectivity index (χ0) is 12.8. The minimum atomic E-state index is 0.162. The third kappa shape index (κ3) is 3.53. The highest BCUT2D eigenvalue weighted by atomic mass is 16.5. The Labute approximate surface area is 107 Å². The van der Waals surface area contributed by atoms with Gasteiger partial charge >= 0.3 is 6.01 Å². The van der Waals surface area contributed by atoms with E-state index >= 15 is 0 Å². The molecule has 18 heavy (non-hydrogen) atoms. The van der Waals surface area contributed by atoms with Crippen molar-refractivity contribution in [3.8, 4) is 11.8 Å². The van der Waals surface area contributed by atoms with Crippen LogP contribution in [0.25, 0.3) is 0 Å². The Balaban J connectivity index is 2.00. The van der Waals surface area contributed by atoms with Crippen LogP contribution >= 0.6 is 0 Å². The van der Waals surface area contributed by atoms with Crippen LogP contribution in [0.2, 0.25) is 0 Å². The van der Waals surface area contributed by atoms with Crippen molar-refractivity contribution in [2.45, 2.75) is 25.8 Å². The molecule has 0 bridgehead atoms. The fourth-order valence-corrected chi connectivity index (χ4v) is 1.54. The third-order valence-corrected chi connectivity index (χ3v) is 2.66. The van der Waals surface area contributed by atoms with Gasteiger partial charge in [0.15, 0.2) is 0 Å². The average Bonchev–Trinajstić information content (AvgIpc) is 2.42. The second-order valence-corrected chi connectivity index (χ2v) is 4.16. The predicted molar refractivity (Wildman–Crippen MR) is 70.5 cm³/mol. The van der Waals surface area contributed by atoms with E-state index in [-0.39, 0.29) is 6.04 Å². The van der Waals surface area contributed by atoms with Crippen molar-refractivity contribution in [1.82, 2.24) is 9.97 Å². The minimum Gasteiger partial charge on any atom is -0.424 e. The number of hydrogen-bond acceptors (Lipinski definition) is 4. The number of ether oxygens (including phenoxy) is 1. The van der Waals surface area contributed by atoms with Gasteiger partial charge in [0.1, 0.15) is 5.75 Å². The first kappa shape index (κ1) is 12.5. The maximum absolute atomic E-state index is 5.88. The molecule has 0 amide bonds. The summed E-state index contributed by atoms with van der Waals surface area (Å²) in [5.41, 5.74) is 6.91. The topological polar surface area (TPSA) is 61.0 Å². The maximum Gasteiger partial charge on any atom is 0.321 e. The standard InChI is InChI=1S/C14H17N3O/c1-2-12(15)8-11-9-16-14(17-10-11)18-13-6-4-3-5-7-13/h3-7,9-10,12H,2,8,15H2,1H3. The van der Waals surface area contributed by atoms with Crippen molar-refractivity contribution in [3.05, 3.63) is 48.3 Å². The Kier molecular flexibility index (Phi) is 4.25. The van der Waals surface area contributed by atoms with E-state index in [4.69, 9.17) is 10.5 Å². The van der Waals surface area contributed by atoms with Crippen molar-refractivity contribution in [1.29, 1.82) is 0 Å². The summed E-state index contributed by atoms with van der Waals surface area (Å²) in [6.07, 6.45) is 5.27. The van der Waals surface area contributed by atoms with Crippen LogP contribution in [0, 0.1) is 0 Å². The first-order valence-corrected chi connectivity index (χ1v) is 6.07. The highest BCUT2D eigenvalue weighted by Gasteiger charge is 2.04. The van der Waals surface area contributed by atoms with Gasteiger partial charge in [-0.15, -0.1) is 0 Å². The number of nitrogens with two attached hydrogens (primary N) is 1. The molecule has 2 N–H and O–H groups in total. The maximum atomic E-state index is 5.88. The van der Waals surface area contributed by atoms with Gasteiger partial charge in [0.25, 0.3) is 0 Å². The molecule has 0 aliphatic carbocycles. The summed E-state index contributed by atoms with van der Waals surface area (Å²) in [6, 6.07) is 10.00. The molecule has 0 aliphatic rings. The van der Waals surface area contributed by atoms with E-state index in [1.54, 1.807) is 12.4 Å². The van der Waals surface area contributed by atoms with Gasteiger partial charge in [-0.05, 0) is 30.5 Å². The molecule has 2 rings (SSSR count). The van der Waals surface area contributed by atoms with Crippen molar-refractivity contribution < 1.29 is 4.74 Å². The Bertz CT molecular complexity index is 470. The Morgan fingerprint density at radius 1 is 1.17 bits per heavy atom. The SMILES string of the molecule is CCC(N)Cc1cnc(Oc2ccccc2)nc1. The van der Waals surface area contributed by atoms with Crippen LogP contribution in [-0.4, -0.2) is 16.0 Å². The molecule has 0 fully saturated rings. The largest absolute Gasteiger partial charge is 0.424 e. The molecule has 0 saturated carbocycles. The molecule has 1 aromatic heterocycles. The van der Waals surface area contributed by atoms with Crippen molar-refractivity contribution in [2.24, 2.45) is 5.73 Å². The summed E-state index contributed by atoms with van der Waals surface area (Å²) in [6.45, 7) is 2.07. The second kappa shape index (κ2) is 6.12. The fourth-order valence-electron chi connectivity index (χ4n) is 1.54. The molecule has 4 heteroatoms. The van der Waals surface area contributed by atoms with Gasteiger partial charge in [0, 0.05) is 18.4 Å². The Morgan fingerprint density at radius 2 is 1.83 bits per heavy atom. The average molecular weight is 243 g/mol. The molecular weight excluding hydrogens is 226 g/mol. The van der Waals surface area contributed by atoms with E-state index in [0.717, 1.165) is 24.2 Å². The van der Waals surface area contributed by atoms with Crippen LogP contribution < -0.4 is 10.5 Å². The lowest BCUT2D eigenvalue weighted by atomic mass is 10.1. The van der Waals surface area contributed by atoms with Crippen molar-refractivity contribution >= 4 is 0 Å². The van der Waals surface area contributed by atoms with Gasteiger partial charge in [-0.25, -0.2) is 9.97 Å². The zero-order valence-electron chi connectivity index (χ0n) is 10.4. The predicted octanol–water partition coefficient (Wildman–Crippen LogP) is 2.55. The molecule has 4 nitrogen and oxygen atoms in total. The van der Waals surface area contributed by atoms with Crippen LogP contribution in [-0.2, 0) is 6.42 Å². The van der Waals surface area contributed by atoms with Crippen molar-refractivity contribution in [3.63, 3.8) is 0 Å². The van der Waals surface area contributed by atoms with Gasteiger partial charge in [-0.2, -0.15) is 0 Å². The number of nitrogens with zero attached hydrogens (tertiary/aromatic N) is 2. The smallest absolute Gasteiger partial charge is 0.321 e. The quantitative estimate of drug-likeness (QED) is 0.876. The van der Waals surface area contributed by atoms with E-state index in [1.807, 2.05) is 30.3 Å². The first-order valence-electron chi connectivity index (χ1n) is 6.07. The molecule has 1 unspecified atom stereocenters. The lowest BCUT2D eigenvalue weighted by molar-refractivity contribution is 0.440. The van der Waals surface area contributed by atoms with Crippen LogP contribution in [0.4, 0.5) is 0 Å². The number of aromatic nitrogens is 2. The highest BCUT2D eigenvalue weighted by Crippen LogP contribution is 2.16. The number of benzene rings is 1. The molecule has 1 heterocycles. The monoisotopic (exact) mass is 243 g/mol. The van der Waals surface area contributed by atoms with Gasteiger partial charge in [-0.3, -0.25) is 0 Å². The van der Waals surface area contributed by atoms with Crippen LogP contribution in [0.5, 0.6) is 11.8 Å². The number of rotatable bonds is 5. The summed E-state index contributed by atoms with van der Waals surface area (Å²) in [5.74, 6) is 0.732. The van der Waals surface area contributed by atoms with E-state index in [1.165, 1.54) is 0 Å². The first-order chi connectivity index (χ1) is 8.78. The molecule has 94 valence electrons. The third-order valence-electron chi connectivity index (χ3n) is 2.66. The van der Waals surface area contributed by atoms with E-state index in [9.17, 15) is 0 Å². The molecule has 0 radical (unpaired) electrons. The van der Waals surface area contributed by atoms with Gasteiger partial charge in [0.05, 0.1) is 0 Å². The van der Waals surface area contributed by atoms with E-state index in [0.29, 0.717) is 6.01 Å². The van der Waals surface area contributed by atoms with Crippen LogP contribution in [0.3, 0.4) is 0 Å². The molecule has 0 saturated heterocycles. The summed E-state index contributed by atoms with van der Waals surface area (Å²) in [5, 5.41) is 0. The molecule has 2 aromatic rings. The van der Waals surface area contributed by atoms with Crippen LogP contribution in [0.15, 0.2) is 42.7 Å². The van der Waals surface area contributed by atoms with E-state index in [2.05, 4.69) is 16.9 Å². The van der Waals surface area contributed by atoms with Gasteiger partial charge in [0.2, 0.25) is 0 Å². The lowest BCUT2D eigenvalue weighted by Crippen LogP contribution is -2.21. The highest BCUT2D eigenvalue weighted by molar-refractivity contribution is 5.24. The summed E-state index contributed by atoms with van der Waals surface area (Å²) >= 11 is 0. The Hall–Kier alpha value is -1.94. The molecular formula is C14H17N3O.